The van der Waals surface area contributed by atoms with Crippen LogP contribution in [-0.2, 0) is 16.1 Å². The molecule has 0 bridgehead atoms. The zero-order valence-corrected chi connectivity index (χ0v) is 15.0. The van der Waals surface area contributed by atoms with Gasteiger partial charge in [-0.25, -0.2) is 0 Å². The number of carbonyl (C=O) groups excluding carboxylic acids is 2. The monoisotopic (exact) mass is 341 g/mol. The molecule has 0 unspecified atom stereocenters. The molecule has 1 aromatic rings. The van der Waals surface area contributed by atoms with Gasteiger partial charge in [0.15, 0.2) is 0 Å². The highest BCUT2D eigenvalue weighted by Gasteiger charge is 2.36. The molecule has 0 atom stereocenters. The van der Waals surface area contributed by atoms with Gasteiger partial charge in [-0.1, -0.05) is 44.2 Å². The molecule has 0 saturated carbocycles. The lowest BCUT2D eigenvalue weighted by Crippen LogP contribution is -2.48. The van der Waals surface area contributed by atoms with Crippen molar-refractivity contribution in [3.05, 3.63) is 35.9 Å². The van der Waals surface area contributed by atoms with Crippen LogP contribution < -0.4 is 11.1 Å². The van der Waals surface area contributed by atoms with E-state index in [-0.39, 0.29) is 30.8 Å². The first-order valence-corrected chi connectivity index (χ1v) is 7.75. The number of benzene rings is 1. The van der Waals surface area contributed by atoms with Crippen molar-refractivity contribution in [2.75, 3.05) is 20.1 Å². The SMILES string of the molecule is CCC(CC)(CN)C(=O)N(C)CC(=O)NCc1ccccc1.Cl. The predicted molar refractivity (Wildman–Crippen MR) is 95.2 cm³/mol. The van der Waals surface area contributed by atoms with Crippen molar-refractivity contribution in [1.29, 1.82) is 0 Å². The van der Waals surface area contributed by atoms with E-state index in [0.717, 1.165) is 5.56 Å². The Morgan fingerprint density at radius 1 is 1.17 bits per heavy atom. The highest BCUT2D eigenvalue weighted by atomic mass is 35.5. The summed E-state index contributed by atoms with van der Waals surface area (Å²) in [5.74, 6) is -0.229. The van der Waals surface area contributed by atoms with Gasteiger partial charge in [0, 0.05) is 20.1 Å². The Balaban J connectivity index is 0.00000484. The Hall–Kier alpha value is -1.59. The average molecular weight is 342 g/mol. The molecule has 3 N–H and O–H groups in total. The molecule has 23 heavy (non-hydrogen) atoms. The maximum atomic E-state index is 12.5. The van der Waals surface area contributed by atoms with Gasteiger partial charge in [-0.15, -0.1) is 12.4 Å². The number of nitrogens with zero attached hydrogens (tertiary/aromatic N) is 1. The van der Waals surface area contributed by atoms with E-state index in [1.807, 2.05) is 44.2 Å². The van der Waals surface area contributed by atoms with Crippen molar-refractivity contribution in [1.82, 2.24) is 10.2 Å². The second kappa shape index (κ2) is 10.2. The van der Waals surface area contributed by atoms with Gasteiger partial charge in [0.1, 0.15) is 0 Å². The van der Waals surface area contributed by atoms with Gasteiger partial charge in [-0.2, -0.15) is 0 Å². The van der Waals surface area contributed by atoms with E-state index in [1.165, 1.54) is 4.90 Å². The second-order valence-electron chi connectivity index (χ2n) is 5.62. The van der Waals surface area contributed by atoms with Gasteiger partial charge in [-0.3, -0.25) is 9.59 Å². The quantitative estimate of drug-likeness (QED) is 0.758. The molecule has 0 aliphatic heterocycles. The molecule has 0 aliphatic carbocycles. The van der Waals surface area contributed by atoms with Gasteiger partial charge in [-0.05, 0) is 18.4 Å². The average Bonchev–Trinajstić information content (AvgIpc) is 2.56. The van der Waals surface area contributed by atoms with Crippen LogP contribution in [0.25, 0.3) is 0 Å². The van der Waals surface area contributed by atoms with Crippen molar-refractivity contribution >= 4 is 24.2 Å². The van der Waals surface area contributed by atoms with Crippen molar-refractivity contribution < 1.29 is 9.59 Å². The van der Waals surface area contributed by atoms with E-state index < -0.39 is 5.41 Å². The summed E-state index contributed by atoms with van der Waals surface area (Å²) in [4.78, 5) is 26.0. The molecule has 2 amide bonds. The van der Waals surface area contributed by atoms with Crippen LogP contribution in [0.15, 0.2) is 30.3 Å². The van der Waals surface area contributed by atoms with Crippen molar-refractivity contribution in [2.24, 2.45) is 11.1 Å². The number of nitrogens with two attached hydrogens (primary N) is 1. The highest BCUT2D eigenvalue weighted by molar-refractivity contribution is 5.88. The topological polar surface area (TPSA) is 75.4 Å². The molecular weight excluding hydrogens is 314 g/mol. The first kappa shape index (κ1) is 21.4. The normalized spacial score (nSPS) is 10.6. The second-order valence-corrected chi connectivity index (χ2v) is 5.62. The van der Waals surface area contributed by atoms with Crippen molar-refractivity contribution in [3.8, 4) is 0 Å². The zero-order valence-electron chi connectivity index (χ0n) is 14.2. The first-order valence-electron chi connectivity index (χ1n) is 7.75. The third-order valence-corrected chi connectivity index (χ3v) is 4.26. The summed E-state index contributed by atoms with van der Waals surface area (Å²) in [6.07, 6.45) is 1.35. The number of rotatable bonds is 8. The summed E-state index contributed by atoms with van der Waals surface area (Å²) < 4.78 is 0. The molecular formula is C17H28ClN3O2. The van der Waals surface area contributed by atoms with Gasteiger partial charge in [0.2, 0.25) is 11.8 Å². The van der Waals surface area contributed by atoms with Crippen LogP contribution >= 0.6 is 12.4 Å². The molecule has 0 aromatic heterocycles. The van der Waals surface area contributed by atoms with E-state index in [0.29, 0.717) is 25.9 Å². The van der Waals surface area contributed by atoms with Crippen LogP contribution in [0.2, 0.25) is 0 Å². The summed E-state index contributed by atoms with van der Waals surface area (Å²) in [5, 5.41) is 2.83. The van der Waals surface area contributed by atoms with Gasteiger partial charge in [0.25, 0.3) is 0 Å². The summed E-state index contributed by atoms with van der Waals surface area (Å²) in [7, 11) is 1.65. The minimum atomic E-state index is -0.561. The van der Waals surface area contributed by atoms with Crippen LogP contribution in [0, 0.1) is 5.41 Å². The number of amides is 2. The van der Waals surface area contributed by atoms with Crippen molar-refractivity contribution in [2.45, 2.75) is 33.2 Å². The molecule has 0 heterocycles. The van der Waals surface area contributed by atoms with E-state index >= 15 is 0 Å². The van der Waals surface area contributed by atoms with Crippen LogP contribution in [0.5, 0.6) is 0 Å². The molecule has 1 rings (SSSR count). The van der Waals surface area contributed by atoms with Crippen LogP contribution in [0.4, 0.5) is 0 Å². The maximum absolute atomic E-state index is 12.5. The smallest absolute Gasteiger partial charge is 0.239 e. The van der Waals surface area contributed by atoms with E-state index in [2.05, 4.69) is 5.32 Å². The lowest BCUT2D eigenvalue weighted by Gasteiger charge is -2.33. The molecule has 130 valence electrons. The number of hydrogen-bond acceptors (Lipinski definition) is 3. The number of likely N-dealkylation sites (N-methyl/N-ethyl adjacent to an activating group) is 1. The standard InChI is InChI=1S/C17H27N3O2.ClH/c1-4-17(5-2,13-18)16(22)20(3)12-15(21)19-11-14-9-7-6-8-10-14;/h6-10H,4-5,11-13,18H2,1-3H3,(H,19,21);1H. The molecule has 0 radical (unpaired) electrons. The summed E-state index contributed by atoms with van der Waals surface area (Å²) in [6, 6.07) is 9.68. The molecule has 6 heteroatoms. The maximum Gasteiger partial charge on any atom is 0.239 e. The van der Waals surface area contributed by atoms with Crippen LogP contribution in [-0.4, -0.2) is 36.9 Å². The predicted octanol–water partition coefficient (Wildman–Crippen LogP) is 1.95. The van der Waals surface area contributed by atoms with Crippen LogP contribution in [0.1, 0.15) is 32.3 Å². The molecule has 1 aromatic carbocycles. The summed E-state index contributed by atoms with van der Waals surface area (Å²) >= 11 is 0. The molecule has 5 nitrogen and oxygen atoms in total. The first-order chi connectivity index (χ1) is 10.5. The van der Waals surface area contributed by atoms with Gasteiger partial charge in [0.05, 0.1) is 12.0 Å². The van der Waals surface area contributed by atoms with Gasteiger partial charge >= 0.3 is 0 Å². The van der Waals surface area contributed by atoms with E-state index in [9.17, 15) is 9.59 Å². The number of carbonyl (C=O) groups is 2. The molecule has 0 spiro atoms. The lowest BCUT2D eigenvalue weighted by molar-refractivity contribution is -0.143. The Bertz CT molecular complexity index is 482. The Morgan fingerprint density at radius 2 is 1.74 bits per heavy atom. The Morgan fingerprint density at radius 3 is 2.22 bits per heavy atom. The lowest BCUT2D eigenvalue weighted by atomic mass is 9.81. The fourth-order valence-corrected chi connectivity index (χ4v) is 2.47. The molecule has 0 fully saturated rings. The third-order valence-electron chi connectivity index (χ3n) is 4.26. The zero-order chi connectivity index (χ0) is 16.6. The summed E-state index contributed by atoms with van der Waals surface area (Å²) in [6.45, 7) is 4.72. The van der Waals surface area contributed by atoms with E-state index in [4.69, 9.17) is 5.73 Å². The Labute approximate surface area is 145 Å². The fraction of sp³-hybridized carbons (Fsp3) is 0.529. The fourth-order valence-electron chi connectivity index (χ4n) is 2.47. The highest BCUT2D eigenvalue weighted by Crippen LogP contribution is 2.27. The van der Waals surface area contributed by atoms with Crippen molar-refractivity contribution in [3.63, 3.8) is 0 Å². The number of halogens is 1. The van der Waals surface area contributed by atoms with Crippen LogP contribution in [0.3, 0.4) is 0 Å². The summed E-state index contributed by atoms with van der Waals surface area (Å²) in [5.41, 5.74) is 6.25. The number of hydrogen-bond donors (Lipinski definition) is 2. The molecule has 0 saturated heterocycles. The van der Waals surface area contributed by atoms with E-state index in [1.54, 1.807) is 7.05 Å². The number of nitrogens with one attached hydrogen (secondary N) is 1. The Kier molecular flexibility index (Phi) is 9.53. The van der Waals surface area contributed by atoms with Gasteiger partial charge < -0.3 is 16.0 Å². The third kappa shape index (κ3) is 5.84. The minimum Gasteiger partial charge on any atom is -0.350 e. The minimum absolute atomic E-state index is 0. The largest absolute Gasteiger partial charge is 0.350 e. The molecule has 0 aliphatic rings.